The normalized spacial score (nSPS) is 11.1. The molecule has 3 nitrogen and oxygen atoms in total. The first-order valence-electron chi connectivity index (χ1n) is 7.79. The maximum atomic E-state index is 11.6. The lowest BCUT2D eigenvalue weighted by atomic mass is 10.1. The van der Waals surface area contributed by atoms with Gasteiger partial charge < -0.3 is 9.30 Å². The molecule has 0 spiro atoms. The van der Waals surface area contributed by atoms with Crippen LogP contribution in [0.15, 0.2) is 48.6 Å². The average molecular weight is 307 g/mol. The average Bonchev–Trinajstić information content (AvgIpc) is 2.80. The zero-order valence-corrected chi connectivity index (χ0v) is 13.8. The van der Waals surface area contributed by atoms with E-state index in [1.807, 2.05) is 0 Å². The van der Waals surface area contributed by atoms with Crippen molar-refractivity contribution < 1.29 is 9.53 Å². The number of rotatable bonds is 4. The lowest BCUT2D eigenvalue weighted by molar-refractivity contribution is -0.139. The van der Waals surface area contributed by atoms with Gasteiger partial charge in [-0.15, -0.1) is 0 Å². The third-order valence-corrected chi connectivity index (χ3v) is 4.07. The molecule has 0 amide bonds. The van der Waals surface area contributed by atoms with Gasteiger partial charge in [0.05, 0.1) is 6.54 Å². The van der Waals surface area contributed by atoms with Crippen LogP contribution < -0.4 is 0 Å². The van der Waals surface area contributed by atoms with Crippen LogP contribution in [-0.2, 0) is 16.1 Å². The topological polar surface area (TPSA) is 31.2 Å². The summed E-state index contributed by atoms with van der Waals surface area (Å²) in [5.41, 5.74) is 5.25. The summed E-state index contributed by atoms with van der Waals surface area (Å²) in [6.45, 7) is 10.4. The molecule has 0 bridgehead atoms. The van der Waals surface area contributed by atoms with Gasteiger partial charge in [-0.2, -0.15) is 0 Å². The molecule has 0 saturated heterocycles. The molecule has 0 saturated carbocycles. The van der Waals surface area contributed by atoms with E-state index < -0.39 is 0 Å². The van der Waals surface area contributed by atoms with Crippen molar-refractivity contribution in [2.24, 2.45) is 0 Å². The molecule has 118 valence electrons. The van der Waals surface area contributed by atoms with E-state index in [-0.39, 0.29) is 5.97 Å². The fourth-order valence-corrected chi connectivity index (χ4v) is 2.93. The second kappa shape index (κ2) is 5.92. The summed E-state index contributed by atoms with van der Waals surface area (Å²) >= 11 is 0. The van der Waals surface area contributed by atoms with E-state index in [2.05, 4.69) is 61.4 Å². The highest BCUT2D eigenvalue weighted by atomic mass is 16.5. The highest BCUT2D eigenvalue weighted by molar-refractivity contribution is 6.08. The van der Waals surface area contributed by atoms with Crippen molar-refractivity contribution in [3.63, 3.8) is 0 Å². The number of esters is 1. The minimum atomic E-state index is -0.336. The molecule has 0 N–H and O–H groups in total. The van der Waals surface area contributed by atoms with Crippen molar-refractivity contribution >= 4 is 27.8 Å². The van der Waals surface area contributed by atoms with E-state index in [9.17, 15) is 4.79 Å². The van der Waals surface area contributed by atoms with Crippen molar-refractivity contribution in [2.75, 3.05) is 6.61 Å². The van der Waals surface area contributed by atoms with Gasteiger partial charge >= 0.3 is 5.97 Å². The maximum Gasteiger partial charge on any atom is 0.333 e. The van der Waals surface area contributed by atoms with Crippen LogP contribution >= 0.6 is 0 Å². The van der Waals surface area contributed by atoms with Crippen molar-refractivity contribution in [3.05, 3.63) is 59.7 Å². The predicted molar refractivity (Wildman–Crippen MR) is 94.7 cm³/mol. The number of fused-ring (bicyclic) bond motifs is 3. The molecular weight excluding hydrogens is 286 g/mol. The van der Waals surface area contributed by atoms with Crippen molar-refractivity contribution in [3.8, 4) is 0 Å². The summed E-state index contributed by atoms with van der Waals surface area (Å²) < 4.78 is 7.48. The Hall–Kier alpha value is -2.55. The lowest BCUT2D eigenvalue weighted by Crippen LogP contribution is -2.11. The molecule has 0 aliphatic rings. The van der Waals surface area contributed by atoms with Gasteiger partial charge in [0.2, 0.25) is 0 Å². The lowest BCUT2D eigenvalue weighted by Gasteiger charge is -2.09. The van der Waals surface area contributed by atoms with Gasteiger partial charge in [-0.05, 0) is 45.0 Å². The molecule has 3 rings (SSSR count). The molecule has 23 heavy (non-hydrogen) atoms. The fourth-order valence-electron chi connectivity index (χ4n) is 2.93. The van der Waals surface area contributed by atoms with E-state index in [1.54, 1.807) is 6.92 Å². The van der Waals surface area contributed by atoms with Gasteiger partial charge in [0.15, 0.2) is 0 Å². The van der Waals surface area contributed by atoms with Crippen LogP contribution in [0.3, 0.4) is 0 Å². The SMILES string of the molecule is C=C(C)C(=O)OCCn1c2ccc(C)cc2c2cc(C)ccc21. The summed E-state index contributed by atoms with van der Waals surface area (Å²) in [4.78, 5) is 11.6. The molecule has 0 fully saturated rings. The Bertz CT molecular complexity index is 859. The molecule has 3 heteroatoms. The number of aromatic nitrogens is 1. The van der Waals surface area contributed by atoms with Crippen LogP contribution in [0.25, 0.3) is 21.8 Å². The molecule has 0 radical (unpaired) electrons. The minimum Gasteiger partial charge on any atom is -0.460 e. The first-order valence-corrected chi connectivity index (χ1v) is 7.79. The molecule has 2 aromatic carbocycles. The number of carbonyl (C=O) groups excluding carboxylic acids is 1. The number of aryl methyl sites for hydroxylation is 2. The zero-order chi connectivity index (χ0) is 16.6. The van der Waals surface area contributed by atoms with Crippen LogP contribution in [-0.4, -0.2) is 17.1 Å². The zero-order valence-electron chi connectivity index (χ0n) is 13.8. The minimum absolute atomic E-state index is 0.336. The number of benzene rings is 2. The highest BCUT2D eigenvalue weighted by Crippen LogP contribution is 2.30. The molecule has 1 aromatic heterocycles. The third-order valence-electron chi connectivity index (χ3n) is 4.07. The smallest absolute Gasteiger partial charge is 0.333 e. The van der Waals surface area contributed by atoms with Gasteiger partial charge in [0, 0.05) is 27.4 Å². The van der Waals surface area contributed by atoms with Crippen molar-refractivity contribution in [1.29, 1.82) is 0 Å². The Morgan fingerprint density at radius 3 is 2.04 bits per heavy atom. The first-order chi connectivity index (χ1) is 11.0. The number of ether oxygens (including phenoxy) is 1. The Labute approximate surface area is 136 Å². The fraction of sp³-hybridized carbons (Fsp3) is 0.250. The highest BCUT2D eigenvalue weighted by Gasteiger charge is 2.11. The van der Waals surface area contributed by atoms with Crippen LogP contribution in [0.5, 0.6) is 0 Å². The number of hydrogen-bond acceptors (Lipinski definition) is 2. The van der Waals surface area contributed by atoms with E-state index in [1.165, 1.54) is 32.9 Å². The van der Waals surface area contributed by atoms with Crippen LogP contribution in [0, 0.1) is 13.8 Å². The molecular formula is C20H21NO2. The summed E-state index contributed by atoms with van der Waals surface area (Å²) in [5.74, 6) is -0.336. The number of hydrogen-bond donors (Lipinski definition) is 0. The monoisotopic (exact) mass is 307 g/mol. The molecule has 0 aliphatic heterocycles. The molecule has 0 atom stereocenters. The summed E-state index contributed by atoms with van der Waals surface area (Å²) in [5, 5.41) is 2.49. The van der Waals surface area contributed by atoms with Crippen molar-refractivity contribution in [1.82, 2.24) is 4.57 Å². The quantitative estimate of drug-likeness (QED) is 0.524. The van der Waals surface area contributed by atoms with Gasteiger partial charge in [-0.3, -0.25) is 0 Å². The van der Waals surface area contributed by atoms with Gasteiger partial charge in [0.1, 0.15) is 6.61 Å². The Morgan fingerprint density at radius 2 is 1.57 bits per heavy atom. The molecule has 1 heterocycles. The predicted octanol–water partition coefficient (Wildman–Crippen LogP) is 4.53. The second-order valence-corrected chi connectivity index (χ2v) is 6.11. The summed E-state index contributed by atoms with van der Waals surface area (Å²) in [6, 6.07) is 12.9. The Morgan fingerprint density at radius 1 is 1.04 bits per heavy atom. The standard InChI is InChI=1S/C20H21NO2/c1-13(2)20(22)23-10-9-21-18-7-5-14(3)11-16(18)17-12-15(4)6-8-19(17)21/h5-8,11-12H,1,9-10H2,2-4H3. The van der Waals surface area contributed by atoms with Crippen molar-refractivity contribution in [2.45, 2.75) is 27.3 Å². The van der Waals surface area contributed by atoms with Crippen LogP contribution in [0.1, 0.15) is 18.1 Å². The van der Waals surface area contributed by atoms with Gasteiger partial charge in [-0.1, -0.05) is 29.8 Å². The van der Waals surface area contributed by atoms with Crippen LogP contribution in [0.4, 0.5) is 0 Å². The Kier molecular flexibility index (Phi) is 3.95. The summed E-state index contributed by atoms with van der Waals surface area (Å²) in [7, 11) is 0. The molecule has 0 aliphatic carbocycles. The second-order valence-electron chi connectivity index (χ2n) is 6.11. The molecule has 3 aromatic rings. The van der Waals surface area contributed by atoms with E-state index in [0.29, 0.717) is 18.7 Å². The van der Waals surface area contributed by atoms with Gasteiger partial charge in [0.25, 0.3) is 0 Å². The maximum absolute atomic E-state index is 11.6. The van der Waals surface area contributed by atoms with E-state index in [0.717, 1.165) is 0 Å². The Balaban J connectivity index is 2.04. The number of carbonyl (C=O) groups is 1. The summed E-state index contributed by atoms with van der Waals surface area (Å²) in [6.07, 6.45) is 0. The molecule has 0 unspecified atom stereocenters. The van der Waals surface area contributed by atoms with Gasteiger partial charge in [-0.25, -0.2) is 4.79 Å². The van der Waals surface area contributed by atoms with E-state index >= 15 is 0 Å². The largest absolute Gasteiger partial charge is 0.460 e. The van der Waals surface area contributed by atoms with Crippen LogP contribution in [0.2, 0.25) is 0 Å². The third kappa shape index (κ3) is 2.87. The van der Waals surface area contributed by atoms with E-state index in [4.69, 9.17) is 4.74 Å². The first kappa shape index (κ1) is 15.3. The number of nitrogens with zero attached hydrogens (tertiary/aromatic N) is 1.